The van der Waals surface area contributed by atoms with Crippen molar-refractivity contribution in [1.82, 2.24) is 5.32 Å². The number of hydrogen-bond acceptors (Lipinski definition) is 1. The third kappa shape index (κ3) is 5.22. The van der Waals surface area contributed by atoms with Gasteiger partial charge < -0.3 is 5.32 Å². The lowest BCUT2D eigenvalue weighted by molar-refractivity contribution is 0.370. The van der Waals surface area contributed by atoms with E-state index in [-0.39, 0.29) is 0 Å². The van der Waals surface area contributed by atoms with E-state index in [4.69, 9.17) is 0 Å². The SMILES string of the molecule is c1ccc(CCCCCCC2CCCCN2)cc1. The van der Waals surface area contributed by atoms with Gasteiger partial charge >= 0.3 is 0 Å². The summed E-state index contributed by atoms with van der Waals surface area (Å²) in [5, 5.41) is 3.64. The molecule has 1 unspecified atom stereocenters. The fraction of sp³-hybridized carbons (Fsp3) is 0.647. The van der Waals surface area contributed by atoms with Crippen molar-refractivity contribution in [2.24, 2.45) is 0 Å². The monoisotopic (exact) mass is 245 g/mol. The smallest absolute Gasteiger partial charge is 0.00670 e. The number of piperidine rings is 1. The van der Waals surface area contributed by atoms with E-state index in [1.807, 2.05) is 0 Å². The van der Waals surface area contributed by atoms with Crippen LogP contribution in [-0.4, -0.2) is 12.6 Å². The molecule has 0 amide bonds. The van der Waals surface area contributed by atoms with Crippen LogP contribution in [-0.2, 0) is 6.42 Å². The Kier molecular flexibility index (Phi) is 6.28. The van der Waals surface area contributed by atoms with Gasteiger partial charge in [0.05, 0.1) is 0 Å². The van der Waals surface area contributed by atoms with E-state index in [1.54, 1.807) is 0 Å². The summed E-state index contributed by atoms with van der Waals surface area (Å²) in [6.07, 6.45) is 12.4. The number of rotatable bonds is 7. The standard InChI is InChI=1S/C17H27N/c1(4-10-16-11-5-3-6-12-16)2-7-13-17-14-8-9-15-18-17/h3,5-6,11-12,17-18H,1-2,4,7-10,13-15H2. The van der Waals surface area contributed by atoms with Crippen LogP contribution in [0.2, 0.25) is 0 Å². The van der Waals surface area contributed by atoms with Crippen molar-refractivity contribution < 1.29 is 0 Å². The molecule has 2 rings (SSSR count). The number of nitrogens with one attached hydrogen (secondary N) is 1. The van der Waals surface area contributed by atoms with Crippen molar-refractivity contribution in [3.05, 3.63) is 35.9 Å². The predicted molar refractivity (Wildman–Crippen MR) is 78.9 cm³/mol. The quantitative estimate of drug-likeness (QED) is 0.705. The van der Waals surface area contributed by atoms with Crippen LogP contribution in [0.4, 0.5) is 0 Å². The first-order valence-electron chi connectivity index (χ1n) is 7.72. The van der Waals surface area contributed by atoms with Gasteiger partial charge in [0, 0.05) is 6.04 Å². The van der Waals surface area contributed by atoms with Gasteiger partial charge in [-0.05, 0) is 44.2 Å². The Balaban J connectivity index is 1.46. The second kappa shape index (κ2) is 8.31. The summed E-state index contributed by atoms with van der Waals surface area (Å²) in [6.45, 7) is 1.25. The highest BCUT2D eigenvalue weighted by Gasteiger charge is 2.11. The molecule has 0 aromatic heterocycles. The predicted octanol–water partition coefficient (Wildman–Crippen LogP) is 4.32. The van der Waals surface area contributed by atoms with Crippen molar-refractivity contribution >= 4 is 0 Å². The molecule has 100 valence electrons. The zero-order valence-corrected chi connectivity index (χ0v) is 11.5. The Labute approximate surface area is 112 Å². The van der Waals surface area contributed by atoms with Crippen LogP contribution in [0.1, 0.15) is 56.9 Å². The maximum Gasteiger partial charge on any atom is 0.00670 e. The Bertz CT molecular complexity index is 301. The maximum absolute atomic E-state index is 3.64. The van der Waals surface area contributed by atoms with Crippen LogP contribution >= 0.6 is 0 Å². The molecule has 18 heavy (non-hydrogen) atoms. The van der Waals surface area contributed by atoms with E-state index in [1.165, 1.54) is 69.9 Å². The first kappa shape index (κ1) is 13.6. The van der Waals surface area contributed by atoms with E-state index >= 15 is 0 Å². The second-order valence-electron chi connectivity index (χ2n) is 5.59. The van der Waals surface area contributed by atoms with Gasteiger partial charge in [0.2, 0.25) is 0 Å². The topological polar surface area (TPSA) is 12.0 Å². The molecule has 0 aliphatic carbocycles. The molecule has 1 fully saturated rings. The Morgan fingerprint density at radius 2 is 1.78 bits per heavy atom. The lowest BCUT2D eigenvalue weighted by Gasteiger charge is -2.23. The first-order valence-corrected chi connectivity index (χ1v) is 7.72. The summed E-state index contributed by atoms with van der Waals surface area (Å²) in [7, 11) is 0. The average Bonchev–Trinajstić information content (AvgIpc) is 2.45. The molecule has 1 heterocycles. The van der Waals surface area contributed by atoms with Gasteiger partial charge in [-0.2, -0.15) is 0 Å². The van der Waals surface area contributed by atoms with E-state index in [9.17, 15) is 0 Å². The van der Waals surface area contributed by atoms with E-state index in [2.05, 4.69) is 35.6 Å². The van der Waals surface area contributed by atoms with Gasteiger partial charge in [0.15, 0.2) is 0 Å². The minimum Gasteiger partial charge on any atom is -0.314 e. The van der Waals surface area contributed by atoms with Crippen molar-refractivity contribution in [3.63, 3.8) is 0 Å². The molecule has 0 bridgehead atoms. The molecule has 1 saturated heterocycles. The molecule has 1 atom stereocenters. The van der Waals surface area contributed by atoms with Crippen LogP contribution in [0.5, 0.6) is 0 Å². The van der Waals surface area contributed by atoms with E-state index < -0.39 is 0 Å². The normalized spacial score (nSPS) is 19.9. The zero-order chi connectivity index (χ0) is 12.5. The van der Waals surface area contributed by atoms with E-state index in [0.717, 1.165) is 6.04 Å². The molecule has 0 saturated carbocycles. The van der Waals surface area contributed by atoms with Gasteiger partial charge in [0.1, 0.15) is 0 Å². The van der Waals surface area contributed by atoms with Gasteiger partial charge in [-0.25, -0.2) is 0 Å². The first-order chi connectivity index (χ1) is 8.95. The van der Waals surface area contributed by atoms with Crippen LogP contribution in [0, 0.1) is 0 Å². The summed E-state index contributed by atoms with van der Waals surface area (Å²) in [5.74, 6) is 0. The van der Waals surface area contributed by atoms with Gasteiger partial charge in [-0.15, -0.1) is 0 Å². The highest BCUT2D eigenvalue weighted by Crippen LogP contribution is 2.14. The summed E-state index contributed by atoms with van der Waals surface area (Å²) in [6, 6.07) is 11.7. The maximum atomic E-state index is 3.64. The third-order valence-corrected chi connectivity index (χ3v) is 4.02. The van der Waals surface area contributed by atoms with Crippen LogP contribution in [0.25, 0.3) is 0 Å². The lowest BCUT2D eigenvalue weighted by Crippen LogP contribution is -2.33. The summed E-state index contributed by atoms with van der Waals surface area (Å²) in [4.78, 5) is 0. The average molecular weight is 245 g/mol. The molecule has 1 heteroatoms. The highest BCUT2D eigenvalue weighted by atomic mass is 14.9. The van der Waals surface area contributed by atoms with Gasteiger partial charge in [-0.1, -0.05) is 56.0 Å². The number of hydrogen-bond donors (Lipinski definition) is 1. The molecule has 1 aromatic rings. The molecular weight excluding hydrogens is 218 g/mol. The molecule has 1 aliphatic heterocycles. The summed E-state index contributed by atoms with van der Waals surface area (Å²) < 4.78 is 0. The fourth-order valence-corrected chi connectivity index (χ4v) is 2.89. The third-order valence-electron chi connectivity index (χ3n) is 4.02. The molecule has 0 radical (unpaired) electrons. The minimum absolute atomic E-state index is 0.827. The van der Waals surface area contributed by atoms with Gasteiger partial charge in [0.25, 0.3) is 0 Å². The highest BCUT2D eigenvalue weighted by molar-refractivity contribution is 5.14. The lowest BCUT2D eigenvalue weighted by atomic mass is 9.98. The van der Waals surface area contributed by atoms with E-state index in [0.29, 0.717) is 0 Å². The second-order valence-corrected chi connectivity index (χ2v) is 5.59. The van der Waals surface area contributed by atoms with Crippen LogP contribution < -0.4 is 5.32 Å². The molecule has 1 aliphatic rings. The molecule has 1 N–H and O–H groups in total. The van der Waals surface area contributed by atoms with Crippen molar-refractivity contribution in [2.75, 3.05) is 6.54 Å². The number of unbranched alkanes of at least 4 members (excludes halogenated alkanes) is 3. The Hall–Kier alpha value is -0.820. The zero-order valence-electron chi connectivity index (χ0n) is 11.5. The Morgan fingerprint density at radius 1 is 0.944 bits per heavy atom. The molecule has 0 spiro atoms. The van der Waals surface area contributed by atoms with Gasteiger partial charge in [-0.3, -0.25) is 0 Å². The molecular formula is C17H27N. The summed E-state index contributed by atoms with van der Waals surface area (Å²) in [5.41, 5.74) is 1.49. The van der Waals surface area contributed by atoms with Crippen LogP contribution in [0.15, 0.2) is 30.3 Å². The molecule has 1 nitrogen and oxygen atoms in total. The van der Waals surface area contributed by atoms with Crippen molar-refractivity contribution in [2.45, 2.75) is 63.8 Å². The Morgan fingerprint density at radius 3 is 2.56 bits per heavy atom. The van der Waals surface area contributed by atoms with Crippen molar-refractivity contribution in [3.8, 4) is 0 Å². The van der Waals surface area contributed by atoms with Crippen LogP contribution in [0.3, 0.4) is 0 Å². The largest absolute Gasteiger partial charge is 0.314 e. The van der Waals surface area contributed by atoms with Crippen molar-refractivity contribution in [1.29, 1.82) is 0 Å². The minimum atomic E-state index is 0.827. The fourth-order valence-electron chi connectivity index (χ4n) is 2.89. The molecule has 1 aromatic carbocycles. The number of aryl methyl sites for hydroxylation is 1. The number of benzene rings is 1. The summed E-state index contributed by atoms with van der Waals surface area (Å²) >= 11 is 0.